The second-order valence-electron chi connectivity index (χ2n) is 20.5. The van der Waals surface area contributed by atoms with Crippen LogP contribution in [0.2, 0.25) is 0 Å². The number of nitrogens with zero attached hydrogens (tertiary/aromatic N) is 9. The maximum absolute atomic E-state index is 14.3. The zero-order chi connectivity index (χ0) is 50.6. The molecule has 2 fully saturated rings. The number of rotatable bonds is 16. The molecule has 71 heavy (non-hydrogen) atoms. The van der Waals surface area contributed by atoms with Gasteiger partial charge in [-0.25, -0.2) is 19.6 Å². The number of hydrogen-bond acceptors (Lipinski definition) is 14. The van der Waals surface area contributed by atoms with Crippen molar-refractivity contribution in [1.29, 1.82) is 0 Å². The summed E-state index contributed by atoms with van der Waals surface area (Å²) >= 11 is 1.59. The Balaban J connectivity index is 0.821. The first-order valence-corrected chi connectivity index (χ1v) is 25.3. The third-order valence-electron chi connectivity index (χ3n) is 13.2. The minimum absolute atomic E-state index is 0.0473. The number of aromatic nitrogens is 6. The standard InChI is InChI=1S/C53H67N13O4S/c1-32(2)48(52(70)65-30-42(67)25-45(65)51(69)58-34(4)36-9-11-37(12-10-36)49-35(5)57-31-71-49)66-29-41(61-62-66)28-63-19-21-64(22-20-63)47-16-14-40(27-56-47)59-46-24-38(17-18-55-46)43-15-13-39(23-33(43)3)60-50(68)44(54)26-53(6,7)8/h9-18,23-24,27,29,31-32,34,42,44-45,48,67H,19-22,25-26,28,30,54H2,1-8H3,(H,55,59)(H,58,69)(H,60,68)/t34-,42+,44+,45-,48?/m0/s1. The van der Waals surface area contributed by atoms with Crippen molar-refractivity contribution >= 4 is 52.1 Å². The van der Waals surface area contributed by atoms with Crippen LogP contribution in [-0.4, -0.2) is 113 Å². The Bertz CT molecular complexity index is 2800. The highest BCUT2D eigenvalue weighted by atomic mass is 32.1. The summed E-state index contributed by atoms with van der Waals surface area (Å²) in [6.07, 6.45) is 5.35. The molecule has 8 rings (SSSR count). The van der Waals surface area contributed by atoms with Crippen LogP contribution >= 0.6 is 11.3 Å². The van der Waals surface area contributed by atoms with Gasteiger partial charge in [0.25, 0.3) is 0 Å². The van der Waals surface area contributed by atoms with E-state index < -0.39 is 24.2 Å². The highest BCUT2D eigenvalue weighted by Gasteiger charge is 2.43. The first-order chi connectivity index (χ1) is 33.9. The number of thiazole rings is 1. The highest BCUT2D eigenvalue weighted by Crippen LogP contribution is 2.32. The van der Waals surface area contributed by atoms with E-state index in [0.717, 1.165) is 81.8 Å². The van der Waals surface area contributed by atoms with Gasteiger partial charge in [-0.15, -0.1) is 16.4 Å². The molecule has 4 aromatic heterocycles. The molecule has 6 aromatic rings. The van der Waals surface area contributed by atoms with Gasteiger partial charge in [0.1, 0.15) is 23.7 Å². The fourth-order valence-corrected chi connectivity index (χ4v) is 10.3. The fraction of sp³-hybridized carbons (Fsp3) is 0.434. The molecule has 3 amide bonds. The predicted octanol–water partition coefficient (Wildman–Crippen LogP) is 7.28. The number of piperazine rings is 1. The number of aryl methyl sites for hydroxylation is 2. The molecule has 2 aliphatic rings. The van der Waals surface area contributed by atoms with Crippen molar-refractivity contribution in [3.63, 3.8) is 0 Å². The van der Waals surface area contributed by atoms with Crippen molar-refractivity contribution in [2.75, 3.05) is 48.3 Å². The van der Waals surface area contributed by atoms with E-state index in [2.05, 4.69) is 66.8 Å². The van der Waals surface area contributed by atoms with E-state index in [0.29, 0.717) is 24.5 Å². The summed E-state index contributed by atoms with van der Waals surface area (Å²) in [6, 6.07) is 19.5. The van der Waals surface area contributed by atoms with E-state index in [9.17, 15) is 19.5 Å². The maximum Gasteiger partial charge on any atom is 0.248 e. The van der Waals surface area contributed by atoms with Crippen LogP contribution in [0, 0.1) is 25.2 Å². The third kappa shape index (κ3) is 12.5. The summed E-state index contributed by atoms with van der Waals surface area (Å²) in [4.78, 5) is 61.7. The number of carbonyl (C=O) groups is 3. The highest BCUT2D eigenvalue weighted by molar-refractivity contribution is 7.13. The molecule has 17 nitrogen and oxygen atoms in total. The third-order valence-corrected chi connectivity index (χ3v) is 14.2. The molecule has 0 bridgehead atoms. The lowest BCUT2D eigenvalue weighted by atomic mass is 9.88. The van der Waals surface area contributed by atoms with Gasteiger partial charge in [0.15, 0.2) is 0 Å². The Kier molecular flexibility index (Phi) is 15.6. The molecule has 374 valence electrons. The van der Waals surface area contributed by atoms with Crippen molar-refractivity contribution in [1.82, 2.24) is 45.1 Å². The molecule has 0 spiro atoms. The second-order valence-corrected chi connectivity index (χ2v) is 21.4. The summed E-state index contributed by atoms with van der Waals surface area (Å²) in [7, 11) is 0. The second kappa shape index (κ2) is 21.8. The van der Waals surface area contributed by atoms with Crippen LogP contribution in [0.3, 0.4) is 0 Å². The maximum atomic E-state index is 14.3. The fourth-order valence-electron chi connectivity index (χ4n) is 9.47. The zero-order valence-electron chi connectivity index (χ0n) is 42.0. The van der Waals surface area contributed by atoms with Gasteiger partial charge in [0.2, 0.25) is 17.7 Å². The Hall–Kier alpha value is -6.60. The summed E-state index contributed by atoms with van der Waals surface area (Å²) in [6.45, 7) is 19.8. The average molecular weight is 982 g/mol. The lowest BCUT2D eigenvalue weighted by molar-refractivity contribution is -0.142. The van der Waals surface area contributed by atoms with Crippen molar-refractivity contribution in [2.24, 2.45) is 17.1 Å². The first-order valence-electron chi connectivity index (χ1n) is 24.4. The number of carbonyl (C=O) groups excluding carboxylic acids is 3. The van der Waals surface area contributed by atoms with E-state index in [4.69, 9.17) is 10.7 Å². The molecular formula is C53H67N13O4S. The lowest BCUT2D eigenvalue weighted by Gasteiger charge is -2.35. The number of nitrogens with two attached hydrogens (primary N) is 1. The van der Waals surface area contributed by atoms with Crippen molar-refractivity contribution in [2.45, 2.75) is 105 Å². The largest absolute Gasteiger partial charge is 0.391 e. The summed E-state index contributed by atoms with van der Waals surface area (Å²) < 4.78 is 1.62. The lowest BCUT2D eigenvalue weighted by Crippen LogP contribution is -2.49. The number of pyridine rings is 2. The normalized spacial score (nSPS) is 17.8. The summed E-state index contributed by atoms with van der Waals surface area (Å²) in [5, 5.41) is 29.1. The molecule has 0 saturated carbocycles. The van der Waals surface area contributed by atoms with Crippen LogP contribution in [0.4, 0.5) is 23.0 Å². The van der Waals surface area contributed by atoms with Gasteiger partial charge < -0.3 is 36.6 Å². The predicted molar refractivity (Wildman–Crippen MR) is 279 cm³/mol. The number of hydrogen-bond donors (Lipinski definition) is 5. The van der Waals surface area contributed by atoms with Crippen molar-refractivity contribution in [3.8, 4) is 21.6 Å². The Morgan fingerprint density at radius 2 is 1.65 bits per heavy atom. The number of amides is 3. The van der Waals surface area contributed by atoms with Crippen LogP contribution < -0.4 is 26.6 Å². The zero-order valence-corrected chi connectivity index (χ0v) is 42.8. The van der Waals surface area contributed by atoms with E-state index >= 15 is 0 Å². The van der Waals surface area contributed by atoms with E-state index in [1.54, 1.807) is 22.2 Å². The molecule has 2 aliphatic heterocycles. The van der Waals surface area contributed by atoms with Gasteiger partial charge in [-0.1, -0.05) is 70.2 Å². The number of likely N-dealkylation sites (tertiary alicyclic amines) is 1. The summed E-state index contributed by atoms with van der Waals surface area (Å²) in [5.74, 6) is 0.651. The first kappa shape index (κ1) is 50.8. The molecule has 6 N–H and O–H groups in total. The van der Waals surface area contributed by atoms with Gasteiger partial charge in [-0.2, -0.15) is 0 Å². The van der Waals surface area contributed by atoms with Crippen molar-refractivity contribution in [3.05, 3.63) is 113 Å². The number of benzene rings is 2. The van der Waals surface area contributed by atoms with Gasteiger partial charge in [-0.3, -0.25) is 19.3 Å². The SMILES string of the molecule is Cc1cc(NC(=O)[C@H](N)CC(C)(C)C)ccc1-c1ccnc(Nc2ccc(N3CCN(Cc4cn(C(C(=O)N5C[C@H](O)C[C@H]5C(=O)N[C@@H](C)c5ccc(-c6scnc6C)cc5)C(C)C)nn4)CC3)nc2)c1. The van der Waals surface area contributed by atoms with Gasteiger partial charge in [0, 0.05) is 57.6 Å². The number of aliphatic hydroxyl groups is 1. The minimum atomic E-state index is -0.816. The number of aliphatic hydroxyl groups excluding tert-OH is 1. The quantitative estimate of drug-likeness (QED) is 0.0646. The smallest absolute Gasteiger partial charge is 0.248 e. The van der Waals surface area contributed by atoms with E-state index in [1.165, 1.54) is 4.90 Å². The Labute approximate surface area is 420 Å². The molecule has 0 aliphatic carbocycles. The number of anilines is 4. The van der Waals surface area contributed by atoms with Crippen LogP contribution in [0.5, 0.6) is 0 Å². The monoisotopic (exact) mass is 982 g/mol. The Morgan fingerprint density at radius 3 is 2.31 bits per heavy atom. The molecular weight excluding hydrogens is 915 g/mol. The number of β-amino-alcohol motifs (C(OH)–C–C–N with tert-alkyl or cyclic N) is 1. The van der Waals surface area contributed by atoms with Crippen LogP contribution in [0.1, 0.15) is 89.0 Å². The van der Waals surface area contributed by atoms with Crippen LogP contribution in [-0.2, 0) is 20.9 Å². The van der Waals surface area contributed by atoms with Crippen LogP contribution in [0.25, 0.3) is 21.6 Å². The molecule has 0 radical (unpaired) electrons. The topological polar surface area (TPSA) is 213 Å². The van der Waals surface area contributed by atoms with E-state index in [-0.39, 0.29) is 48.1 Å². The average Bonchev–Trinajstić information content (AvgIpc) is 4.09. The molecule has 6 heterocycles. The van der Waals surface area contributed by atoms with Crippen molar-refractivity contribution < 1.29 is 19.5 Å². The van der Waals surface area contributed by atoms with Gasteiger partial charge >= 0.3 is 0 Å². The molecule has 5 atom stereocenters. The molecule has 1 unspecified atom stereocenters. The summed E-state index contributed by atoms with van der Waals surface area (Å²) in [5.41, 5.74) is 16.3. The van der Waals surface area contributed by atoms with Gasteiger partial charge in [-0.05, 0) is 103 Å². The number of nitrogens with one attached hydrogen (secondary N) is 3. The van der Waals surface area contributed by atoms with Gasteiger partial charge in [0.05, 0.1) is 58.0 Å². The molecule has 2 saturated heterocycles. The van der Waals surface area contributed by atoms with Crippen LogP contribution in [0.15, 0.2) is 90.8 Å². The molecule has 18 heteroatoms. The minimum Gasteiger partial charge on any atom is -0.391 e. The Morgan fingerprint density at radius 1 is 0.901 bits per heavy atom. The molecule has 2 aromatic carbocycles. The van der Waals surface area contributed by atoms with E-state index in [1.807, 2.05) is 119 Å².